The Balaban J connectivity index is 1.06. The molecule has 454 valence electrons. The number of nitrogen functional groups attached to an aromatic ring is 4. The molecule has 0 spiro atoms. The Kier molecular flexibility index (Phi) is 18.0. The van der Waals surface area contributed by atoms with Crippen molar-refractivity contribution in [2.24, 2.45) is 61.4 Å². The molecule has 40 heteroatoms. The maximum Gasteiger partial charge on any atom is 0.296 e. The van der Waals surface area contributed by atoms with Gasteiger partial charge in [-0.25, -0.2) is 0 Å². The van der Waals surface area contributed by atoms with E-state index in [4.69, 9.17) is 32.0 Å². The van der Waals surface area contributed by atoms with Crippen LogP contribution in [0.1, 0.15) is 0 Å². The van der Waals surface area contributed by atoms with Gasteiger partial charge in [-0.3, -0.25) is 27.3 Å². The number of anilines is 4. The molecule has 0 radical (unpaired) electrons. The number of hydrogen-bond acceptors (Lipinski definition) is 28. The summed E-state index contributed by atoms with van der Waals surface area (Å²) in [5.41, 5.74) is 19.3. The van der Waals surface area contributed by atoms with Crippen LogP contribution in [0.2, 0.25) is 0 Å². The predicted molar refractivity (Wildman–Crippen MR) is 312 cm³/mol. The van der Waals surface area contributed by atoms with Crippen LogP contribution in [-0.2, 0) is 60.7 Å². The highest BCUT2D eigenvalue weighted by atomic mass is 32.2. The van der Waals surface area contributed by atoms with Crippen LogP contribution in [0.4, 0.5) is 91.0 Å². The summed E-state index contributed by atoms with van der Waals surface area (Å²) in [7, 11) is -29.9. The number of nitrogens with two attached hydrogens (primary N) is 4. The molecule has 0 heterocycles. The molecule has 8 aromatic rings. The summed E-state index contributed by atoms with van der Waals surface area (Å²) in [5.74, 6) is 0. The van der Waals surface area contributed by atoms with Gasteiger partial charge in [-0.2, -0.15) is 91.4 Å². The summed E-state index contributed by atoms with van der Waals surface area (Å²) in [6.07, 6.45) is 0. The van der Waals surface area contributed by atoms with E-state index in [0.29, 0.717) is 24.3 Å². The average molecular weight is 1320 g/mol. The van der Waals surface area contributed by atoms with Crippen LogP contribution < -0.4 is 22.9 Å². The summed E-state index contributed by atoms with van der Waals surface area (Å²) >= 11 is 0. The van der Waals surface area contributed by atoms with Gasteiger partial charge in [-0.15, -0.1) is 20.5 Å². The van der Waals surface area contributed by atoms with Crippen LogP contribution in [0, 0.1) is 0 Å². The Morgan fingerprint density at radius 3 is 0.716 bits per heavy atom. The van der Waals surface area contributed by atoms with Crippen molar-refractivity contribution in [2.75, 3.05) is 22.9 Å². The zero-order valence-electron chi connectivity index (χ0n) is 43.6. The first-order valence-electron chi connectivity index (χ1n) is 23.5. The Labute approximate surface area is 497 Å². The third-order valence-electron chi connectivity index (χ3n) is 11.6. The molecule has 8 aromatic carbocycles. The molecule has 34 nitrogen and oxygen atoms in total. The Hall–Kier alpha value is -9.98. The molecular formula is C48H38N16O18S6. The van der Waals surface area contributed by atoms with E-state index < -0.39 is 148 Å². The summed E-state index contributed by atoms with van der Waals surface area (Å²) in [6.45, 7) is 0. The number of rotatable bonds is 19. The van der Waals surface area contributed by atoms with E-state index in [9.17, 15) is 68.7 Å². The number of nitrogens with zero attached hydrogens (tertiary/aromatic N) is 12. The van der Waals surface area contributed by atoms with E-state index >= 15 is 0 Å². The van der Waals surface area contributed by atoms with Crippen molar-refractivity contribution in [3.8, 4) is 11.1 Å². The van der Waals surface area contributed by atoms with Gasteiger partial charge in [-0.05, 0) is 133 Å². The molecule has 0 unspecified atom stereocenters. The molecule has 0 aliphatic rings. The lowest BCUT2D eigenvalue weighted by atomic mass is 10.0. The van der Waals surface area contributed by atoms with Crippen LogP contribution in [0.25, 0.3) is 11.1 Å². The number of hydrogen-bond donors (Lipinski definition) is 10. The number of benzene rings is 8. The standard InChI is InChI=1S/C48H38N16O18S6/c49-43-37(23-41(87(77,78)79)45(51)47(43)63-57-27-5-1-25(2-6-27)53-55-29-9-15-33(16-10-29)83(65,66)67)61-59-31-13-19-35(39(21-31)85(71,72)73)36-20-14-32(22-40(36)86(74,75)76)60-62-38-24-42(88(80,81)82)46(52)48(44(38)50)64-58-28-7-3-26(4-8-28)54-56-30-11-17-34(18-12-30)84(68,69)70/h1-24H,49-52H2,(H,65,66,67)(H,68,69,70)(H,71,72,73)(H,74,75,76)(H,77,78,79)(H,80,81,82)/b55-53?,56-54?,61-59?,62-60?,63-57+,64-58?. The van der Waals surface area contributed by atoms with Crippen molar-refractivity contribution in [3.05, 3.63) is 146 Å². The van der Waals surface area contributed by atoms with Gasteiger partial charge in [0.15, 0.2) is 0 Å². The highest BCUT2D eigenvalue weighted by molar-refractivity contribution is 7.87. The normalized spacial score (nSPS) is 13.1. The fourth-order valence-electron chi connectivity index (χ4n) is 7.36. The molecule has 0 amide bonds. The summed E-state index contributed by atoms with van der Waals surface area (Å²) in [4.78, 5) is -4.73. The van der Waals surface area contributed by atoms with E-state index in [1.54, 1.807) is 0 Å². The highest BCUT2D eigenvalue weighted by Gasteiger charge is 2.27. The molecule has 0 saturated heterocycles. The SMILES string of the molecule is Nc1c(N=Nc2ccc(-c3ccc(N=Nc4cc(S(=O)(=O)O)c(N)c(/N=N/c5ccc(N=Nc6ccc(S(=O)(=O)O)cc6)cc5)c4N)cc3S(=O)(=O)O)c(S(=O)(=O)O)c2)cc(S(=O)(=O)O)c(N)c1N=Nc1ccc(N=Nc2ccc(S(=O)(=O)O)cc2)cc1. The third kappa shape index (κ3) is 15.5. The van der Waals surface area contributed by atoms with Crippen molar-refractivity contribution >= 4 is 152 Å². The van der Waals surface area contributed by atoms with E-state index in [1.807, 2.05) is 0 Å². The molecule has 14 N–H and O–H groups in total. The van der Waals surface area contributed by atoms with Crippen LogP contribution in [0.3, 0.4) is 0 Å². The van der Waals surface area contributed by atoms with Crippen LogP contribution in [-0.4, -0.2) is 77.8 Å². The summed E-state index contributed by atoms with van der Waals surface area (Å²) in [5, 5.41) is 47.3. The Morgan fingerprint density at radius 2 is 0.466 bits per heavy atom. The largest absolute Gasteiger partial charge is 0.396 e. The molecule has 8 rings (SSSR count). The van der Waals surface area contributed by atoms with Crippen LogP contribution in [0.5, 0.6) is 0 Å². The topological polar surface area (TPSA) is 579 Å². The first-order chi connectivity index (χ1) is 41.0. The molecule has 0 atom stereocenters. The molecule has 0 fully saturated rings. The van der Waals surface area contributed by atoms with E-state index in [2.05, 4.69) is 61.4 Å². The second-order valence-corrected chi connectivity index (χ2v) is 26.0. The minimum absolute atomic E-state index is 0.111. The molecule has 88 heavy (non-hydrogen) atoms. The monoisotopic (exact) mass is 1320 g/mol. The minimum atomic E-state index is -5.36. The van der Waals surface area contributed by atoms with Gasteiger partial charge in [0.05, 0.1) is 78.0 Å². The van der Waals surface area contributed by atoms with Gasteiger partial charge in [0.25, 0.3) is 60.7 Å². The first kappa shape index (κ1) is 64.0. The first-order valence-corrected chi connectivity index (χ1v) is 32.2. The van der Waals surface area contributed by atoms with Gasteiger partial charge in [0.2, 0.25) is 0 Å². The quantitative estimate of drug-likeness (QED) is 0.0204. The second-order valence-electron chi connectivity index (χ2n) is 17.6. The molecule has 0 aliphatic carbocycles. The fraction of sp³-hybridized carbons (Fsp3) is 0. The minimum Gasteiger partial charge on any atom is -0.396 e. The number of azo groups is 6. The van der Waals surface area contributed by atoms with Crippen molar-refractivity contribution in [1.29, 1.82) is 0 Å². The lowest BCUT2D eigenvalue weighted by Crippen LogP contribution is -2.05. The van der Waals surface area contributed by atoms with Crippen LogP contribution >= 0.6 is 0 Å². The zero-order valence-corrected chi connectivity index (χ0v) is 48.5. The lowest BCUT2D eigenvalue weighted by Gasteiger charge is -2.13. The van der Waals surface area contributed by atoms with Crippen molar-refractivity contribution in [1.82, 2.24) is 0 Å². The molecule has 0 bridgehead atoms. The maximum absolute atomic E-state index is 12.9. The smallest absolute Gasteiger partial charge is 0.296 e. The molecular weight excluding hydrogens is 1280 g/mol. The van der Waals surface area contributed by atoms with E-state index in [1.165, 1.54) is 72.8 Å². The van der Waals surface area contributed by atoms with Gasteiger partial charge in [-0.1, -0.05) is 12.1 Å². The van der Waals surface area contributed by atoms with Crippen molar-refractivity contribution in [3.63, 3.8) is 0 Å². The van der Waals surface area contributed by atoms with Gasteiger partial charge in [0.1, 0.15) is 42.3 Å². The van der Waals surface area contributed by atoms with E-state index in [-0.39, 0.29) is 43.9 Å². The molecule has 0 saturated carbocycles. The van der Waals surface area contributed by atoms with Gasteiger partial charge >= 0.3 is 0 Å². The Morgan fingerprint density at radius 1 is 0.239 bits per heavy atom. The molecule has 0 aliphatic heterocycles. The average Bonchev–Trinajstić information content (AvgIpc) is 1.38. The van der Waals surface area contributed by atoms with Crippen molar-refractivity contribution < 1.29 is 77.8 Å². The Bertz CT molecular complexity index is 4720. The summed E-state index contributed by atoms with van der Waals surface area (Å²) in [6, 6.07) is 27.6. The van der Waals surface area contributed by atoms with Crippen LogP contribution in [0.15, 0.2) is 236 Å². The van der Waals surface area contributed by atoms with Gasteiger partial charge < -0.3 is 22.9 Å². The maximum atomic E-state index is 12.9. The van der Waals surface area contributed by atoms with Gasteiger partial charge in [0, 0.05) is 11.1 Å². The highest BCUT2D eigenvalue weighted by Crippen LogP contribution is 2.46. The van der Waals surface area contributed by atoms with Crippen molar-refractivity contribution in [2.45, 2.75) is 29.4 Å². The second kappa shape index (κ2) is 24.8. The van der Waals surface area contributed by atoms with E-state index in [0.717, 1.165) is 48.5 Å². The lowest BCUT2D eigenvalue weighted by molar-refractivity contribution is 0.480. The fourth-order valence-corrected chi connectivity index (χ4v) is 11.0. The third-order valence-corrected chi connectivity index (χ3v) is 16.9. The molecule has 0 aromatic heterocycles. The zero-order chi connectivity index (χ0) is 64.3. The predicted octanol–water partition coefficient (Wildman–Crippen LogP) is 11.7. The summed E-state index contributed by atoms with van der Waals surface area (Å²) < 4.78 is 206.